The lowest BCUT2D eigenvalue weighted by molar-refractivity contribution is -0.0740. The highest BCUT2D eigenvalue weighted by Gasteiger charge is 2.32. The molecular weight excluding hydrogens is 394 g/mol. The number of benzene rings is 2. The molecule has 134 valence electrons. The van der Waals surface area contributed by atoms with Gasteiger partial charge in [0.15, 0.2) is 5.75 Å². The van der Waals surface area contributed by atoms with Crippen LogP contribution in [0.1, 0.15) is 17.2 Å². The zero-order valence-corrected chi connectivity index (χ0v) is 16.0. The van der Waals surface area contributed by atoms with Crippen molar-refractivity contribution in [2.24, 2.45) is 5.10 Å². The first-order valence-corrected chi connectivity index (χ1v) is 8.20. The van der Waals surface area contributed by atoms with Crippen LogP contribution in [0.15, 0.2) is 78.2 Å². The van der Waals surface area contributed by atoms with E-state index in [4.69, 9.17) is 9.57 Å². The molecule has 0 saturated heterocycles. The summed E-state index contributed by atoms with van der Waals surface area (Å²) in [5.41, 5.74) is 2.31. The number of methoxy groups -OCH3 is 1. The zero-order valence-electron chi connectivity index (χ0n) is 14.3. The van der Waals surface area contributed by atoms with E-state index in [1.165, 1.54) is 5.56 Å². The predicted molar refractivity (Wildman–Crippen MR) is 105 cm³/mol. The average Bonchev–Trinajstić information content (AvgIpc) is 3.00. The highest BCUT2D eigenvalue weighted by Crippen LogP contribution is 2.41. The lowest BCUT2D eigenvalue weighted by Crippen LogP contribution is -2.25. The van der Waals surface area contributed by atoms with Gasteiger partial charge in [0.05, 0.1) is 12.5 Å². The molecule has 0 amide bonds. The van der Waals surface area contributed by atoms with Gasteiger partial charge in [0.1, 0.15) is 11.8 Å². The Morgan fingerprint density at radius 1 is 1.08 bits per heavy atom. The van der Waals surface area contributed by atoms with Gasteiger partial charge >= 0.3 is 0 Å². The minimum absolute atomic E-state index is 0. The van der Waals surface area contributed by atoms with Crippen molar-refractivity contribution in [2.75, 3.05) is 7.11 Å². The largest absolute Gasteiger partial charge is 0.497 e. The molecule has 1 atom stereocenters. The van der Waals surface area contributed by atoms with Crippen LogP contribution in [-0.4, -0.2) is 17.3 Å². The van der Waals surface area contributed by atoms with E-state index in [1.807, 2.05) is 60.9 Å². The van der Waals surface area contributed by atoms with Crippen LogP contribution in [-0.2, 0) is 6.42 Å². The molecule has 0 radical (unpaired) electrons. The minimum atomic E-state index is -0.0170. The number of hydrogen-bond acceptors (Lipinski definition) is 4. The van der Waals surface area contributed by atoms with Crippen LogP contribution in [0.3, 0.4) is 0 Å². The van der Waals surface area contributed by atoms with Crippen molar-refractivity contribution in [3.8, 4) is 11.5 Å². The molecule has 0 spiro atoms. The quantitative estimate of drug-likeness (QED) is 0.702. The number of nitrogens with zero attached hydrogens (tertiary/aromatic N) is 2. The minimum Gasteiger partial charge on any atom is -0.497 e. The molecule has 1 aromatic heterocycles. The van der Waals surface area contributed by atoms with Gasteiger partial charge in [0.2, 0.25) is 0 Å². The van der Waals surface area contributed by atoms with Gasteiger partial charge in [-0.05, 0) is 35.9 Å². The summed E-state index contributed by atoms with van der Waals surface area (Å²) in [5.74, 6) is 1.63. The molecule has 6 heteroatoms. The number of pyridine rings is 1. The molecule has 0 fully saturated rings. The normalized spacial score (nSPS) is 14.8. The summed E-state index contributed by atoms with van der Waals surface area (Å²) in [6, 6.07) is 20.0. The maximum Gasteiger partial charge on any atom is 0.163 e. The van der Waals surface area contributed by atoms with Crippen LogP contribution >= 0.6 is 17.0 Å². The SMILES string of the molecule is Br.COc1ccc2c(c1)C(Cc1ccccc1)N(N=c1cc[nH]cc1)O2. The first-order chi connectivity index (χ1) is 12.3. The monoisotopic (exact) mass is 413 g/mol. The number of hydroxylamine groups is 1. The molecule has 2 heterocycles. The van der Waals surface area contributed by atoms with Crippen molar-refractivity contribution in [3.05, 3.63) is 89.5 Å². The van der Waals surface area contributed by atoms with Crippen LogP contribution in [0.4, 0.5) is 0 Å². The van der Waals surface area contributed by atoms with E-state index >= 15 is 0 Å². The number of aromatic amines is 1. The maximum absolute atomic E-state index is 6.00. The maximum atomic E-state index is 6.00. The second-order valence-electron chi connectivity index (χ2n) is 5.86. The van der Waals surface area contributed by atoms with Gasteiger partial charge in [0.25, 0.3) is 0 Å². The van der Waals surface area contributed by atoms with Gasteiger partial charge in [-0.25, -0.2) is 0 Å². The molecule has 1 unspecified atom stereocenters. The molecule has 1 aliphatic heterocycles. The Balaban J connectivity index is 0.00000196. The fraction of sp³-hybridized carbons (Fsp3) is 0.150. The summed E-state index contributed by atoms with van der Waals surface area (Å²) in [4.78, 5) is 9.00. The van der Waals surface area contributed by atoms with Crippen LogP contribution in [0.5, 0.6) is 11.5 Å². The number of fused-ring (bicyclic) bond motifs is 1. The van der Waals surface area contributed by atoms with Crippen LogP contribution < -0.4 is 14.9 Å². The number of ether oxygens (including phenoxy) is 1. The van der Waals surface area contributed by atoms with Crippen molar-refractivity contribution < 1.29 is 9.57 Å². The summed E-state index contributed by atoms with van der Waals surface area (Å²) < 4.78 is 5.38. The fourth-order valence-corrected chi connectivity index (χ4v) is 2.95. The van der Waals surface area contributed by atoms with Gasteiger partial charge in [-0.3, -0.25) is 0 Å². The molecule has 1 aliphatic rings. The smallest absolute Gasteiger partial charge is 0.163 e. The first-order valence-electron chi connectivity index (χ1n) is 8.20. The third-order valence-electron chi connectivity index (χ3n) is 4.22. The molecule has 0 saturated carbocycles. The second kappa shape index (κ2) is 8.10. The molecular formula is C20H20BrN3O2. The van der Waals surface area contributed by atoms with Crippen molar-refractivity contribution in [1.82, 2.24) is 10.2 Å². The zero-order chi connectivity index (χ0) is 17.1. The topological polar surface area (TPSA) is 49.8 Å². The molecule has 5 nitrogen and oxygen atoms in total. The molecule has 0 bridgehead atoms. The van der Waals surface area contributed by atoms with Crippen molar-refractivity contribution in [3.63, 3.8) is 0 Å². The molecule has 1 N–H and O–H groups in total. The Morgan fingerprint density at radius 2 is 1.85 bits per heavy atom. The summed E-state index contributed by atoms with van der Waals surface area (Å²) in [6.45, 7) is 0. The third kappa shape index (κ3) is 3.75. The van der Waals surface area contributed by atoms with Crippen LogP contribution in [0.2, 0.25) is 0 Å². The fourth-order valence-electron chi connectivity index (χ4n) is 2.95. The number of H-pyrrole nitrogens is 1. The van der Waals surface area contributed by atoms with Gasteiger partial charge < -0.3 is 14.6 Å². The van der Waals surface area contributed by atoms with Gasteiger partial charge in [0, 0.05) is 24.4 Å². The van der Waals surface area contributed by atoms with Gasteiger partial charge in [-0.15, -0.1) is 27.3 Å². The highest BCUT2D eigenvalue weighted by atomic mass is 79.9. The summed E-state index contributed by atoms with van der Waals surface area (Å²) in [6.07, 6.45) is 4.48. The molecule has 2 aromatic carbocycles. The molecule has 0 aliphatic carbocycles. The van der Waals surface area contributed by atoms with Crippen molar-refractivity contribution >= 4 is 17.0 Å². The molecule has 4 rings (SSSR count). The predicted octanol–water partition coefficient (Wildman–Crippen LogP) is 4.01. The number of aromatic nitrogens is 1. The first kappa shape index (κ1) is 18.1. The summed E-state index contributed by atoms with van der Waals surface area (Å²) in [7, 11) is 1.67. The number of hydrogen-bond donors (Lipinski definition) is 1. The Labute approximate surface area is 162 Å². The number of nitrogens with one attached hydrogen (secondary N) is 1. The average molecular weight is 414 g/mol. The van der Waals surface area contributed by atoms with Gasteiger partial charge in [-0.1, -0.05) is 30.3 Å². The lowest BCUT2D eigenvalue weighted by atomic mass is 9.99. The van der Waals surface area contributed by atoms with Crippen LogP contribution in [0, 0.1) is 0 Å². The van der Waals surface area contributed by atoms with Crippen molar-refractivity contribution in [2.45, 2.75) is 12.5 Å². The Kier molecular flexibility index (Phi) is 5.63. The number of halogens is 1. The van der Waals surface area contributed by atoms with E-state index < -0.39 is 0 Å². The van der Waals surface area contributed by atoms with E-state index in [2.05, 4.69) is 22.2 Å². The highest BCUT2D eigenvalue weighted by molar-refractivity contribution is 8.93. The van der Waals surface area contributed by atoms with E-state index in [0.29, 0.717) is 0 Å². The van der Waals surface area contributed by atoms with E-state index in [9.17, 15) is 0 Å². The second-order valence-corrected chi connectivity index (χ2v) is 5.86. The van der Waals surface area contributed by atoms with Gasteiger partial charge in [-0.2, -0.15) is 0 Å². The summed E-state index contributed by atoms with van der Waals surface area (Å²) in [5, 5.41) is 7.17. The van der Waals surface area contributed by atoms with E-state index in [-0.39, 0.29) is 23.0 Å². The Morgan fingerprint density at radius 3 is 2.58 bits per heavy atom. The summed E-state index contributed by atoms with van der Waals surface area (Å²) >= 11 is 0. The van der Waals surface area contributed by atoms with E-state index in [0.717, 1.165) is 28.8 Å². The van der Waals surface area contributed by atoms with Crippen molar-refractivity contribution in [1.29, 1.82) is 0 Å². The molecule has 3 aromatic rings. The Hall–Kier alpha value is -2.73. The Bertz CT molecular complexity index is 910. The van der Waals surface area contributed by atoms with E-state index in [1.54, 1.807) is 12.3 Å². The molecule has 26 heavy (non-hydrogen) atoms. The number of rotatable bonds is 4. The third-order valence-corrected chi connectivity index (χ3v) is 4.22. The lowest BCUT2D eigenvalue weighted by Gasteiger charge is -2.19. The van der Waals surface area contributed by atoms with Crippen LogP contribution in [0.25, 0.3) is 0 Å². The standard InChI is InChI=1S/C20H19N3O2.BrH/c1-24-17-7-8-20-18(14-17)19(13-15-5-3-2-4-6-15)23(25-20)22-16-9-11-21-12-10-16;/h2-12,14,19H,13H2,1H3,(H,21,22);1H.